The highest BCUT2D eigenvalue weighted by atomic mass is 16.5. The number of methoxy groups -OCH3 is 3. The molecule has 0 radical (unpaired) electrons. The average Bonchev–Trinajstić information content (AvgIpc) is 3.07. The highest BCUT2D eigenvalue weighted by molar-refractivity contribution is 6.08. The number of ether oxygens (including phenoxy) is 3. The van der Waals surface area contributed by atoms with Gasteiger partial charge in [-0.2, -0.15) is 5.10 Å². The van der Waals surface area contributed by atoms with Gasteiger partial charge in [0.25, 0.3) is 12.4 Å². The molecule has 0 saturated carbocycles. The van der Waals surface area contributed by atoms with Gasteiger partial charge in [0.1, 0.15) is 5.84 Å². The van der Waals surface area contributed by atoms with E-state index in [0.717, 1.165) is 13.0 Å². The van der Waals surface area contributed by atoms with E-state index in [1.807, 2.05) is 0 Å². The number of nitrogens with one attached hydrogen (secondary N) is 1. The topological polar surface area (TPSA) is 89.5 Å². The first kappa shape index (κ1) is 16.0. The van der Waals surface area contributed by atoms with Gasteiger partial charge in [-0.3, -0.25) is 14.5 Å². The smallest absolute Gasteiger partial charge is 0.292 e. The van der Waals surface area contributed by atoms with Gasteiger partial charge in [0, 0.05) is 20.1 Å². The molecular formula is C12H19N3O5. The third-order valence-electron chi connectivity index (χ3n) is 2.85. The van der Waals surface area contributed by atoms with Crippen LogP contribution in [-0.4, -0.2) is 57.2 Å². The summed E-state index contributed by atoms with van der Waals surface area (Å²) in [4.78, 5) is 22.5. The lowest BCUT2D eigenvalue weighted by Crippen LogP contribution is -2.41. The van der Waals surface area contributed by atoms with Crippen LogP contribution in [0.5, 0.6) is 0 Å². The lowest BCUT2D eigenvalue weighted by Gasteiger charge is -2.24. The van der Waals surface area contributed by atoms with Crippen molar-refractivity contribution in [3.05, 3.63) is 11.3 Å². The van der Waals surface area contributed by atoms with Crippen molar-refractivity contribution in [3.63, 3.8) is 0 Å². The molecule has 20 heavy (non-hydrogen) atoms. The molecule has 0 aromatic heterocycles. The van der Waals surface area contributed by atoms with Crippen molar-refractivity contribution < 1.29 is 23.8 Å². The molecule has 0 aromatic rings. The average molecular weight is 285 g/mol. The zero-order chi connectivity index (χ0) is 15.1. The maximum atomic E-state index is 12.0. The quantitative estimate of drug-likeness (QED) is 0.723. The Morgan fingerprint density at radius 3 is 2.45 bits per heavy atom. The number of carbonyl (C=O) groups is 2. The summed E-state index contributed by atoms with van der Waals surface area (Å²) in [5.74, 6) is 1.15. The molecular weight excluding hydrogens is 266 g/mol. The number of hydrazone groups is 1. The molecule has 2 aliphatic heterocycles. The molecule has 8 nitrogen and oxygen atoms in total. The summed E-state index contributed by atoms with van der Waals surface area (Å²) < 4.78 is 14.4. The first-order valence-electron chi connectivity index (χ1n) is 5.99. The molecule has 1 atom stereocenters. The second-order valence-electron chi connectivity index (χ2n) is 3.97. The maximum Gasteiger partial charge on any atom is 0.292 e. The van der Waals surface area contributed by atoms with Gasteiger partial charge in [0.05, 0.1) is 19.8 Å². The van der Waals surface area contributed by atoms with E-state index < -0.39 is 6.23 Å². The van der Waals surface area contributed by atoms with Crippen LogP contribution >= 0.6 is 0 Å². The first-order chi connectivity index (χ1) is 9.62. The van der Waals surface area contributed by atoms with Crippen LogP contribution in [0.15, 0.2) is 16.4 Å². The van der Waals surface area contributed by atoms with Crippen LogP contribution in [0.4, 0.5) is 0 Å². The largest absolute Gasteiger partial charge is 0.496 e. The van der Waals surface area contributed by atoms with Crippen LogP contribution in [0.2, 0.25) is 0 Å². The lowest BCUT2D eigenvalue weighted by molar-refractivity contribution is -0.128. The van der Waals surface area contributed by atoms with Crippen molar-refractivity contribution in [1.29, 1.82) is 0 Å². The molecule has 0 spiro atoms. The molecule has 1 N–H and O–H groups in total. The van der Waals surface area contributed by atoms with Gasteiger partial charge in [-0.15, -0.1) is 0 Å². The fraction of sp³-hybridized carbons (Fsp3) is 0.583. The van der Waals surface area contributed by atoms with Gasteiger partial charge < -0.3 is 19.6 Å². The van der Waals surface area contributed by atoms with Gasteiger partial charge in [0.15, 0.2) is 12.0 Å². The Hall–Kier alpha value is -2.09. The van der Waals surface area contributed by atoms with Crippen molar-refractivity contribution in [3.8, 4) is 0 Å². The summed E-state index contributed by atoms with van der Waals surface area (Å²) in [6.45, 7) is 2.85. The molecule has 0 saturated heterocycles. The summed E-state index contributed by atoms with van der Waals surface area (Å²) in [6, 6.07) is 0. The molecule has 112 valence electrons. The molecule has 0 aromatic carbocycles. The van der Waals surface area contributed by atoms with Gasteiger partial charge in [-0.1, -0.05) is 0 Å². The van der Waals surface area contributed by atoms with Gasteiger partial charge in [-0.25, -0.2) is 0 Å². The Bertz CT molecular complexity index is 433. The Labute approximate surface area is 117 Å². The van der Waals surface area contributed by atoms with E-state index in [1.54, 1.807) is 14.0 Å². The first-order valence-corrected chi connectivity index (χ1v) is 5.99. The number of amidine groups is 1. The number of nitrogens with zero attached hydrogens (tertiary/aromatic N) is 2. The summed E-state index contributed by atoms with van der Waals surface area (Å²) in [6.07, 6.45) is 0.228. The van der Waals surface area contributed by atoms with E-state index in [2.05, 4.69) is 15.3 Å². The van der Waals surface area contributed by atoms with Gasteiger partial charge in [-0.05, 0) is 6.92 Å². The second kappa shape index (κ2) is 7.49. The molecule has 0 fully saturated rings. The second-order valence-corrected chi connectivity index (χ2v) is 3.97. The molecule has 1 amide bonds. The third-order valence-corrected chi connectivity index (χ3v) is 2.85. The van der Waals surface area contributed by atoms with Crippen LogP contribution in [0, 0.1) is 0 Å². The predicted octanol–water partition coefficient (Wildman–Crippen LogP) is -0.182. The summed E-state index contributed by atoms with van der Waals surface area (Å²) in [5, 5.41) is 4.08. The standard InChI is InChI=1S/C10H15N3O3.C2H4O2/c1-6-8(15-2)10(16-3)13(9(6)14)7-4-5-11-12-7;1-4-2-3/h10-11H,4-5H2,1-3H3;2H,1H3. The zero-order valence-electron chi connectivity index (χ0n) is 12.0. The van der Waals surface area contributed by atoms with Crippen LogP contribution in [0.3, 0.4) is 0 Å². The van der Waals surface area contributed by atoms with Crippen LogP contribution in [0.25, 0.3) is 0 Å². The SMILES string of the molecule is COC1=C(C)C(=O)N(C2=NNCC2)C1OC.COC=O. The summed E-state index contributed by atoms with van der Waals surface area (Å²) in [7, 11) is 4.40. The molecule has 0 aliphatic carbocycles. The van der Waals surface area contributed by atoms with Crippen molar-refractivity contribution in [1.82, 2.24) is 10.3 Å². The number of rotatable bonds is 3. The highest BCUT2D eigenvalue weighted by Crippen LogP contribution is 2.28. The van der Waals surface area contributed by atoms with E-state index in [4.69, 9.17) is 14.3 Å². The number of amides is 1. The highest BCUT2D eigenvalue weighted by Gasteiger charge is 2.41. The summed E-state index contributed by atoms with van der Waals surface area (Å²) in [5.41, 5.74) is 3.41. The van der Waals surface area contributed by atoms with Crippen molar-refractivity contribution >= 4 is 18.2 Å². The minimum absolute atomic E-state index is 0.105. The van der Waals surface area contributed by atoms with E-state index in [9.17, 15) is 4.79 Å². The summed E-state index contributed by atoms with van der Waals surface area (Å²) >= 11 is 0. The number of hydrogen-bond acceptors (Lipinski definition) is 7. The van der Waals surface area contributed by atoms with Crippen molar-refractivity contribution in [2.75, 3.05) is 27.9 Å². The Balaban J connectivity index is 0.000000444. The van der Waals surface area contributed by atoms with Crippen molar-refractivity contribution in [2.45, 2.75) is 19.6 Å². The maximum absolute atomic E-state index is 12.0. The van der Waals surface area contributed by atoms with Crippen LogP contribution < -0.4 is 5.43 Å². The van der Waals surface area contributed by atoms with Crippen LogP contribution in [-0.2, 0) is 23.8 Å². The fourth-order valence-electron chi connectivity index (χ4n) is 1.96. The fourth-order valence-corrected chi connectivity index (χ4v) is 1.96. The Morgan fingerprint density at radius 1 is 1.40 bits per heavy atom. The normalized spacial score (nSPS) is 21.0. The van der Waals surface area contributed by atoms with Crippen LogP contribution in [0.1, 0.15) is 13.3 Å². The Morgan fingerprint density at radius 2 is 2.05 bits per heavy atom. The van der Waals surface area contributed by atoms with Gasteiger partial charge in [0.2, 0.25) is 0 Å². The predicted molar refractivity (Wildman–Crippen MR) is 70.5 cm³/mol. The minimum Gasteiger partial charge on any atom is -0.496 e. The molecule has 2 rings (SSSR count). The van der Waals surface area contributed by atoms with E-state index in [-0.39, 0.29) is 5.91 Å². The Kier molecular flexibility index (Phi) is 5.98. The van der Waals surface area contributed by atoms with E-state index in [1.165, 1.54) is 19.1 Å². The van der Waals surface area contributed by atoms with Gasteiger partial charge >= 0.3 is 0 Å². The molecule has 2 aliphatic rings. The minimum atomic E-state index is -0.490. The van der Waals surface area contributed by atoms with E-state index >= 15 is 0 Å². The lowest BCUT2D eigenvalue weighted by atomic mass is 10.3. The molecule has 1 unspecified atom stereocenters. The zero-order valence-corrected chi connectivity index (χ0v) is 12.0. The molecule has 8 heteroatoms. The monoisotopic (exact) mass is 285 g/mol. The molecule has 0 bridgehead atoms. The van der Waals surface area contributed by atoms with Crippen molar-refractivity contribution in [2.24, 2.45) is 5.10 Å². The number of hydrogen-bond donors (Lipinski definition) is 1. The third kappa shape index (κ3) is 3.08. The molecule has 2 heterocycles. The van der Waals surface area contributed by atoms with E-state index in [0.29, 0.717) is 23.6 Å². The number of carbonyl (C=O) groups excluding carboxylic acids is 2.